The molecule has 130 valence electrons. The number of amides is 1. The molecule has 4 rings (SSSR count). The predicted molar refractivity (Wildman–Crippen MR) is 96.0 cm³/mol. The molecule has 1 aliphatic rings. The van der Waals surface area contributed by atoms with E-state index in [9.17, 15) is 4.79 Å². The highest BCUT2D eigenvalue weighted by molar-refractivity contribution is 5.78. The van der Waals surface area contributed by atoms with Crippen molar-refractivity contribution in [2.45, 2.75) is 45.2 Å². The van der Waals surface area contributed by atoms with Gasteiger partial charge < -0.3 is 9.47 Å². The molecule has 25 heavy (non-hydrogen) atoms. The highest BCUT2D eigenvalue weighted by Gasteiger charge is 2.29. The van der Waals surface area contributed by atoms with Crippen LogP contribution in [-0.4, -0.2) is 37.1 Å². The Kier molecular flexibility index (Phi) is 4.26. The van der Waals surface area contributed by atoms with Gasteiger partial charge in [-0.2, -0.15) is 5.10 Å². The van der Waals surface area contributed by atoms with E-state index in [1.807, 2.05) is 48.6 Å². The van der Waals surface area contributed by atoms with Gasteiger partial charge in [0.1, 0.15) is 0 Å². The summed E-state index contributed by atoms with van der Waals surface area (Å²) >= 11 is 0. The molecule has 0 unspecified atom stereocenters. The molecule has 1 aromatic carbocycles. The number of benzene rings is 1. The van der Waals surface area contributed by atoms with Crippen molar-refractivity contribution < 1.29 is 4.79 Å². The highest BCUT2D eigenvalue weighted by Crippen LogP contribution is 2.31. The topological polar surface area (TPSA) is 66.8 Å². The number of imidazole rings is 1. The Bertz CT molecular complexity index is 881. The molecule has 3 aromatic rings. The molecule has 1 amide bonds. The number of hydrogen-bond acceptors (Lipinski definition) is 3. The van der Waals surface area contributed by atoms with Crippen LogP contribution in [0.2, 0.25) is 0 Å². The quantitative estimate of drug-likeness (QED) is 0.795. The van der Waals surface area contributed by atoms with Gasteiger partial charge >= 0.3 is 0 Å². The smallest absolute Gasteiger partial charge is 0.224 e. The number of rotatable bonds is 4. The number of fused-ring (bicyclic) bond motifs is 1. The second-order valence-electron chi connectivity index (χ2n) is 6.74. The molecule has 1 atom stereocenters. The normalized spacial score (nSPS) is 18.0. The zero-order valence-electron chi connectivity index (χ0n) is 14.5. The lowest BCUT2D eigenvalue weighted by molar-refractivity contribution is -0.135. The average Bonchev–Trinajstić information content (AvgIpc) is 3.26. The molecular formula is C19H23N5O. The molecule has 0 bridgehead atoms. The first-order chi connectivity index (χ1) is 12.2. The Morgan fingerprint density at radius 2 is 2.20 bits per heavy atom. The van der Waals surface area contributed by atoms with Crippen molar-refractivity contribution in [3.8, 4) is 0 Å². The number of nitrogens with one attached hydrogen (secondary N) is 1. The van der Waals surface area contributed by atoms with E-state index in [0.717, 1.165) is 48.1 Å². The lowest BCUT2D eigenvalue weighted by Crippen LogP contribution is -2.39. The van der Waals surface area contributed by atoms with Gasteiger partial charge in [-0.25, -0.2) is 4.98 Å². The van der Waals surface area contributed by atoms with Crippen LogP contribution >= 0.6 is 0 Å². The summed E-state index contributed by atoms with van der Waals surface area (Å²) in [5.74, 6) is 0.205. The number of carbonyl (C=O) groups is 1. The molecule has 0 saturated carbocycles. The Labute approximate surface area is 146 Å². The van der Waals surface area contributed by atoms with Gasteiger partial charge in [0, 0.05) is 19.5 Å². The molecule has 0 aliphatic carbocycles. The number of carbonyl (C=O) groups excluding carboxylic acids is 1. The molecule has 0 spiro atoms. The van der Waals surface area contributed by atoms with E-state index in [-0.39, 0.29) is 11.9 Å². The predicted octanol–water partition coefficient (Wildman–Crippen LogP) is 3.21. The van der Waals surface area contributed by atoms with Crippen molar-refractivity contribution in [3.63, 3.8) is 0 Å². The lowest BCUT2D eigenvalue weighted by atomic mass is 9.97. The van der Waals surface area contributed by atoms with Crippen LogP contribution in [0.3, 0.4) is 0 Å². The van der Waals surface area contributed by atoms with Crippen LogP contribution in [0.4, 0.5) is 0 Å². The summed E-state index contributed by atoms with van der Waals surface area (Å²) in [6, 6.07) is 8.16. The zero-order valence-corrected chi connectivity index (χ0v) is 14.5. The van der Waals surface area contributed by atoms with Gasteiger partial charge in [-0.05, 0) is 43.9 Å². The van der Waals surface area contributed by atoms with Crippen molar-refractivity contribution in [2.24, 2.45) is 0 Å². The van der Waals surface area contributed by atoms with Gasteiger partial charge in [0.25, 0.3) is 0 Å². The van der Waals surface area contributed by atoms with Gasteiger partial charge in [-0.3, -0.25) is 9.89 Å². The van der Waals surface area contributed by atoms with Gasteiger partial charge in [0.2, 0.25) is 5.91 Å². The number of nitrogens with zero attached hydrogens (tertiary/aromatic N) is 4. The van der Waals surface area contributed by atoms with Crippen molar-refractivity contribution >= 4 is 16.9 Å². The monoisotopic (exact) mass is 337 g/mol. The Hall–Kier alpha value is -2.63. The maximum absolute atomic E-state index is 12.9. The molecule has 6 nitrogen and oxygen atoms in total. The maximum atomic E-state index is 12.9. The molecule has 2 aromatic heterocycles. The van der Waals surface area contributed by atoms with E-state index < -0.39 is 0 Å². The van der Waals surface area contributed by atoms with E-state index in [1.54, 1.807) is 0 Å². The molecule has 6 heteroatoms. The molecule has 3 heterocycles. The fourth-order valence-corrected chi connectivity index (χ4v) is 3.77. The first-order valence-electron chi connectivity index (χ1n) is 8.93. The van der Waals surface area contributed by atoms with Crippen LogP contribution in [0.1, 0.15) is 43.0 Å². The summed E-state index contributed by atoms with van der Waals surface area (Å²) in [5.41, 5.74) is 4.26. The Morgan fingerprint density at radius 1 is 1.32 bits per heavy atom. The van der Waals surface area contributed by atoms with Crippen molar-refractivity contribution in [3.05, 3.63) is 48.0 Å². The summed E-state index contributed by atoms with van der Waals surface area (Å²) in [5, 5.41) is 7.23. The number of likely N-dealkylation sites (tertiary alicyclic amines) is 1. The SMILES string of the molecule is Cc1cn[nH]c1[C@@H]1CCCCN1C(=O)CCn1cnc2ccccc21. The fraction of sp³-hybridized carbons (Fsp3) is 0.421. The van der Waals surface area contributed by atoms with Crippen LogP contribution in [0, 0.1) is 6.92 Å². The molecular weight excluding hydrogens is 314 g/mol. The van der Waals surface area contributed by atoms with Crippen LogP contribution in [-0.2, 0) is 11.3 Å². The van der Waals surface area contributed by atoms with Crippen molar-refractivity contribution in [1.82, 2.24) is 24.6 Å². The number of H-pyrrole nitrogens is 1. The lowest BCUT2D eigenvalue weighted by Gasteiger charge is -2.35. The van der Waals surface area contributed by atoms with E-state index in [1.165, 1.54) is 0 Å². The summed E-state index contributed by atoms with van der Waals surface area (Å²) in [6.07, 6.45) is 7.38. The second kappa shape index (κ2) is 6.70. The Balaban J connectivity index is 1.48. The molecule has 1 saturated heterocycles. The zero-order chi connectivity index (χ0) is 17.2. The van der Waals surface area contributed by atoms with Crippen LogP contribution in [0.15, 0.2) is 36.8 Å². The molecule has 0 radical (unpaired) electrons. The third-order valence-corrected chi connectivity index (χ3v) is 5.12. The first-order valence-corrected chi connectivity index (χ1v) is 8.93. The molecule has 1 aliphatic heterocycles. The van der Waals surface area contributed by atoms with E-state index >= 15 is 0 Å². The van der Waals surface area contributed by atoms with Crippen LogP contribution in [0.5, 0.6) is 0 Å². The summed E-state index contributed by atoms with van der Waals surface area (Å²) in [4.78, 5) is 19.3. The van der Waals surface area contributed by atoms with E-state index in [0.29, 0.717) is 13.0 Å². The number of piperidine rings is 1. The fourth-order valence-electron chi connectivity index (χ4n) is 3.77. The number of aromatic amines is 1. The standard InChI is InChI=1S/C19H23N5O/c1-14-12-21-22-19(14)17-8-4-5-10-24(17)18(25)9-11-23-13-20-15-6-2-3-7-16(15)23/h2-3,6-7,12-13,17H,4-5,8-11H2,1H3,(H,21,22)/t17-/m0/s1. The summed E-state index contributed by atoms with van der Waals surface area (Å²) in [6.45, 7) is 3.53. The van der Waals surface area contributed by atoms with Crippen molar-refractivity contribution in [1.29, 1.82) is 0 Å². The van der Waals surface area contributed by atoms with E-state index in [4.69, 9.17) is 0 Å². The molecule has 1 N–H and O–H groups in total. The minimum atomic E-state index is 0.128. The third-order valence-electron chi connectivity index (χ3n) is 5.12. The maximum Gasteiger partial charge on any atom is 0.224 e. The first kappa shape index (κ1) is 15.9. The van der Waals surface area contributed by atoms with Gasteiger partial charge in [0.15, 0.2) is 0 Å². The Morgan fingerprint density at radius 3 is 3.04 bits per heavy atom. The number of hydrogen-bond donors (Lipinski definition) is 1. The van der Waals surface area contributed by atoms with Crippen LogP contribution < -0.4 is 0 Å². The second-order valence-corrected chi connectivity index (χ2v) is 6.74. The minimum absolute atomic E-state index is 0.128. The summed E-state index contributed by atoms with van der Waals surface area (Å²) in [7, 11) is 0. The van der Waals surface area contributed by atoms with Crippen molar-refractivity contribution in [2.75, 3.05) is 6.54 Å². The van der Waals surface area contributed by atoms with E-state index in [2.05, 4.69) is 19.7 Å². The third kappa shape index (κ3) is 3.04. The van der Waals surface area contributed by atoms with Crippen LogP contribution in [0.25, 0.3) is 11.0 Å². The average molecular weight is 337 g/mol. The largest absolute Gasteiger partial charge is 0.334 e. The van der Waals surface area contributed by atoms with Gasteiger partial charge in [0.05, 0.1) is 35.3 Å². The highest BCUT2D eigenvalue weighted by atomic mass is 16.2. The molecule has 1 fully saturated rings. The summed E-state index contributed by atoms with van der Waals surface area (Å²) < 4.78 is 2.06. The van der Waals surface area contributed by atoms with Gasteiger partial charge in [-0.15, -0.1) is 0 Å². The van der Waals surface area contributed by atoms with Gasteiger partial charge in [-0.1, -0.05) is 12.1 Å². The minimum Gasteiger partial charge on any atom is -0.334 e. The number of para-hydroxylation sites is 2. The number of aromatic nitrogens is 4. The number of aryl methyl sites for hydroxylation is 2.